The van der Waals surface area contributed by atoms with Gasteiger partial charge in [0.2, 0.25) is 0 Å². The summed E-state index contributed by atoms with van der Waals surface area (Å²) in [6, 6.07) is 5.40. The monoisotopic (exact) mass is 249 g/mol. The fourth-order valence-corrected chi connectivity index (χ4v) is 1.76. The molecule has 1 saturated heterocycles. The molecule has 84 valence electrons. The summed E-state index contributed by atoms with van der Waals surface area (Å²) in [5.41, 5.74) is 0.803. The van der Waals surface area contributed by atoms with Crippen LogP contribution in [-0.4, -0.2) is 24.9 Å². The van der Waals surface area contributed by atoms with E-state index in [0.717, 1.165) is 18.7 Å². The summed E-state index contributed by atoms with van der Waals surface area (Å²) in [5, 5.41) is 13.4. The van der Waals surface area contributed by atoms with Crippen LogP contribution >= 0.6 is 24.0 Å². The number of benzene rings is 1. The van der Waals surface area contributed by atoms with Crippen molar-refractivity contribution in [3.63, 3.8) is 0 Å². The summed E-state index contributed by atoms with van der Waals surface area (Å²) in [6.07, 6.45) is 0. The van der Waals surface area contributed by atoms with Gasteiger partial charge in [0.25, 0.3) is 0 Å². The van der Waals surface area contributed by atoms with E-state index in [2.05, 4.69) is 5.32 Å². The summed E-state index contributed by atoms with van der Waals surface area (Å²) >= 11 is 5.81. The first-order valence-corrected chi connectivity index (χ1v) is 4.95. The average Bonchev–Trinajstić information content (AvgIpc) is 2.23. The normalized spacial score (nSPS) is 20.7. The molecule has 0 spiro atoms. The molecule has 1 aromatic rings. The van der Waals surface area contributed by atoms with Crippen LogP contribution in [0.25, 0.3) is 0 Å². The Labute approximate surface area is 99.8 Å². The molecule has 1 aromatic carbocycles. The third kappa shape index (κ3) is 2.75. The molecule has 1 heterocycles. The van der Waals surface area contributed by atoms with Crippen LogP contribution in [0.4, 0.5) is 0 Å². The van der Waals surface area contributed by atoms with Crippen molar-refractivity contribution >= 4 is 24.0 Å². The van der Waals surface area contributed by atoms with E-state index in [1.807, 2.05) is 12.1 Å². The van der Waals surface area contributed by atoms with E-state index in [1.54, 1.807) is 6.07 Å². The van der Waals surface area contributed by atoms with Gasteiger partial charge in [-0.05, 0) is 6.07 Å². The Morgan fingerprint density at radius 2 is 2.27 bits per heavy atom. The second kappa shape index (κ2) is 5.56. The Bertz CT molecular complexity index is 327. The summed E-state index contributed by atoms with van der Waals surface area (Å²) in [4.78, 5) is 0. The molecule has 1 fully saturated rings. The zero-order chi connectivity index (χ0) is 9.97. The Morgan fingerprint density at radius 1 is 1.47 bits per heavy atom. The van der Waals surface area contributed by atoms with Crippen LogP contribution in [0, 0.1) is 0 Å². The van der Waals surface area contributed by atoms with Crippen molar-refractivity contribution < 1.29 is 9.84 Å². The van der Waals surface area contributed by atoms with Crippen molar-refractivity contribution in [2.75, 3.05) is 19.8 Å². The molecule has 0 aliphatic carbocycles. The van der Waals surface area contributed by atoms with Gasteiger partial charge in [-0.15, -0.1) is 12.4 Å². The van der Waals surface area contributed by atoms with Crippen LogP contribution < -0.4 is 5.32 Å². The van der Waals surface area contributed by atoms with Gasteiger partial charge in [-0.3, -0.25) is 0 Å². The number of rotatable bonds is 1. The van der Waals surface area contributed by atoms with Gasteiger partial charge in [-0.1, -0.05) is 23.7 Å². The third-order valence-electron chi connectivity index (χ3n) is 2.32. The number of hydrogen-bond acceptors (Lipinski definition) is 3. The second-order valence-electron chi connectivity index (χ2n) is 3.26. The maximum atomic E-state index is 9.72. The molecule has 3 nitrogen and oxygen atoms in total. The SMILES string of the molecule is Cl.Oc1c(Cl)cccc1[C@@H]1COCCN1. The highest BCUT2D eigenvalue weighted by molar-refractivity contribution is 6.32. The quantitative estimate of drug-likeness (QED) is 0.802. The second-order valence-corrected chi connectivity index (χ2v) is 3.67. The van der Waals surface area contributed by atoms with Crippen molar-refractivity contribution in [1.82, 2.24) is 5.32 Å². The Hall–Kier alpha value is -0.480. The van der Waals surface area contributed by atoms with Gasteiger partial charge in [-0.25, -0.2) is 0 Å². The van der Waals surface area contributed by atoms with Gasteiger partial charge in [0.15, 0.2) is 0 Å². The smallest absolute Gasteiger partial charge is 0.139 e. The first kappa shape index (κ1) is 12.6. The largest absolute Gasteiger partial charge is 0.506 e. The lowest BCUT2D eigenvalue weighted by molar-refractivity contribution is 0.0761. The summed E-state index contributed by atoms with van der Waals surface area (Å²) in [5.74, 6) is 0.150. The number of aromatic hydroxyl groups is 1. The predicted octanol–water partition coefficient (Wildman–Crippen LogP) is 2.13. The molecular formula is C10H13Cl2NO2. The van der Waals surface area contributed by atoms with Gasteiger partial charge in [0.05, 0.1) is 24.3 Å². The minimum Gasteiger partial charge on any atom is -0.506 e. The lowest BCUT2D eigenvalue weighted by atomic mass is 10.1. The van der Waals surface area contributed by atoms with Crippen molar-refractivity contribution in [3.05, 3.63) is 28.8 Å². The molecule has 5 heteroatoms. The van der Waals surface area contributed by atoms with Crippen LogP contribution in [0.5, 0.6) is 5.75 Å². The van der Waals surface area contributed by atoms with Gasteiger partial charge >= 0.3 is 0 Å². The molecule has 1 atom stereocenters. The Kier molecular flexibility index (Phi) is 4.67. The molecule has 1 aliphatic rings. The minimum absolute atomic E-state index is 0. The lowest BCUT2D eigenvalue weighted by Gasteiger charge is -2.24. The van der Waals surface area contributed by atoms with Crippen LogP contribution in [0.15, 0.2) is 18.2 Å². The number of hydrogen-bond donors (Lipinski definition) is 2. The van der Waals surface area contributed by atoms with Gasteiger partial charge in [0.1, 0.15) is 5.75 Å². The predicted molar refractivity (Wildman–Crippen MR) is 61.9 cm³/mol. The maximum absolute atomic E-state index is 9.72. The molecule has 2 N–H and O–H groups in total. The van der Waals surface area contributed by atoms with E-state index in [4.69, 9.17) is 16.3 Å². The number of ether oxygens (including phenoxy) is 1. The Morgan fingerprint density at radius 3 is 2.93 bits per heavy atom. The van der Waals surface area contributed by atoms with Crippen LogP contribution in [0.3, 0.4) is 0 Å². The van der Waals surface area contributed by atoms with E-state index in [1.165, 1.54) is 0 Å². The highest BCUT2D eigenvalue weighted by Crippen LogP contribution is 2.31. The minimum atomic E-state index is 0. The zero-order valence-electron chi connectivity index (χ0n) is 8.07. The highest BCUT2D eigenvalue weighted by Gasteiger charge is 2.19. The topological polar surface area (TPSA) is 41.5 Å². The lowest BCUT2D eigenvalue weighted by Crippen LogP contribution is -2.34. The van der Waals surface area contributed by atoms with E-state index in [9.17, 15) is 5.11 Å². The van der Waals surface area contributed by atoms with Crippen LogP contribution in [-0.2, 0) is 4.74 Å². The number of halogens is 2. The first-order chi connectivity index (χ1) is 6.79. The van der Waals surface area contributed by atoms with Crippen molar-refractivity contribution in [2.45, 2.75) is 6.04 Å². The molecule has 0 bridgehead atoms. The van der Waals surface area contributed by atoms with E-state index in [-0.39, 0.29) is 24.2 Å². The van der Waals surface area contributed by atoms with E-state index < -0.39 is 0 Å². The van der Waals surface area contributed by atoms with E-state index in [0.29, 0.717) is 11.6 Å². The highest BCUT2D eigenvalue weighted by atomic mass is 35.5. The average molecular weight is 250 g/mol. The molecule has 1 aliphatic heterocycles. The molecule has 0 radical (unpaired) electrons. The molecule has 0 amide bonds. The maximum Gasteiger partial charge on any atom is 0.139 e. The molecular weight excluding hydrogens is 237 g/mol. The van der Waals surface area contributed by atoms with Gasteiger partial charge in [-0.2, -0.15) is 0 Å². The first-order valence-electron chi connectivity index (χ1n) is 4.57. The standard InChI is InChI=1S/C10H12ClNO2.ClH/c11-8-3-1-2-7(10(8)13)9-6-14-5-4-12-9;/h1-3,9,12-13H,4-6H2;1H/t9-;/m0./s1. The molecule has 2 rings (SSSR count). The van der Waals surface area contributed by atoms with Crippen LogP contribution in [0.2, 0.25) is 5.02 Å². The molecule has 0 aromatic heterocycles. The number of nitrogens with one attached hydrogen (secondary N) is 1. The number of phenolic OH excluding ortho intramolecular Hbond substituents is 1. The Balaban J connectivity index is 0.00000112. The van der Waals surface area contributed by atoms with E-state index >= 15 is 0 Å². The fourth-order valence-electron chi connectivity index (χ4n) is 1.58. The third-order valence-corrected chi connectivity index (χ3v) is 2.62. The molecule has 15 heavy (non-hydrogen) atoms. The number of phenols is 1. The van der Waals surface area contributed by atoms with Crippen molar-refractivity contribution in [3.8, 4) is 5.75 Å². The molecule has 0 saturated carbocycles. The summed E-state index contributed by atoms with van der Waals surface area (Å²) in [6.45, 7) is 2.10. The van der Waals surface area contributed by atoms with Gasteiger partial charge in [0, 0.05) is 12.1 Å². The number of para-hydroxylation sites is 1. The number of morpholine rings is 1. The van der Waals surface area contributed by atoms with Crippen molar-refractivity contribution in [1.29, 1.82) is 0 Å². The summed E-state index contributed by atoms with van der Waals surface area (Å²) in [7, 11) is 0. The van der Waals surface area contributed by atoms with Crippen LogP contribution in [0.1, 0.15) is 11.6 Å². The zero-order valence-corrected chi connectivity index (χ0v) is 9.64. The summed E-state index contributed by atoms with van der Waals surface area (Å²) < 4.78 is 5.31. The fraction of sp³-hybridized carbons (Fsp3) is 0.400. The van der Waals surface area contributed by atoms with Gasteiger partial charge < -0.3 is 15.2 Å². The van der Waals surface area contributed by atoms with Crippen molar-refractivity contribution in [2.24, 2.45) is 0 Å². The molecule has 0 unspecified atom stereocenters.